The molecule has 27 heavy (non-hydrogen) atoms. The van der Waals surface area contributed by atoms with E-state index in [4.69, 9.17) is 0 Å². The molecule has 1 saturated heterocycles. The van der Waals surface area contributed by atoms with E-state index in [2.05, 4.69) is 66.8 Å². The maximum Gasteiger partial charge on any atom is 0.275 e. The summed E-state index contributed by atoms with van der Waals surface area (Å²) in [4.78, 5) is 15.4. The van der Waals surface area contributed by atoms with E-state index in [-0.39, 0.29) is 11.9 Å². The van der Waals surface area contributed by atoms with Gasteiger partial charge in [0.05, 0.1) is 0 Å². The van der Waals surface area contributed by atoms with Crippen molar-refractivity contribution in [3.63, 3.8) is 0 Å². The van der Waals surface area contributed by atoms with Crippen LogP contribution in [-0.4, -0.2) is 44.7 Å². The highest BCUT2D eigenvalue weighted by Gasteiger charge is 2.25. The highest BCUT2D eigenvalue weighted by molar-refractivity contribution is 5.77. The van der Waals surface area contributed by atoms with E-state index in [9.17, 15) is 4.79 Å². The molecule has 0 spiro atoms. The van der Waals surface area contributed by atoms with Crippen molar-refractivity contribution in [2.75, 3.05) is 32.7 Å². The first-order chi connectivity index (χ1) is 13.2. The summed E-state index contributed by atoms with van der Waals surface area (Å²) in [6.45, 7) is 8.24. The van der Waals surface area contributed by atoms with Gasteiger partial charge in [0, 0.05) is 11.6 Å². The molecule has 0 aliphatic carbocycles. The lowest BCUT2D eigenvalue weighted by atomic mass is 10.1. The van der Waals surface area contributed by atoms with E-state index in [1.165, 1.54) is 16.0 Å². The van der Waals surface area contributed by atoms with Crippen molar-refractivity contribution in [2.45, 2.75) is 32.4 Å². The predicted octanol–water partition coefficient (Wildman–Crippen LogP) is 0.108. The van der Waals surface area contributed by atoms with Gasteiger partial charge < -0.3 is 15.1 Å². The number of benzene rings is 2. The van der Waals surface area contributed by atoms with Crippen LogP contribution in [-0.2, 0) is 17.8 Å². The molecule has 0 bridgehead atoms. The lowest BCUT2D eigenvalue weighted by Crippen LogP contribution is -3.28. The molecule has 1 heterocycles. The first-order valence-electron chi connectivity index (χ1n) is 10.2. The van der Waals surface area contributed by atoms with Crippen LogP contribution in [0, 0.1) is 0 Å². The lowest BCUT2D eigenvalue weighted by molar-refractivity contribution is -1.02. The van der Waals surface area contributed by atoms with Gasteiger partial charge in [-0.1, -0.05) is 60.7 Å². The second kappa shape index (κ2) is 10.2. The van der Waals surface area contributed by atoms with Gasteiger partial charge in [0.15, 0.2) is 6.54 Å². The summed E-state index contributed by atoms with van der Waals surface area (Å²) in [6, 6.07) is 21.4. The van der Waals surface area contributed by atoms with Crippen LogP contribution in [0.2, 0.25) is 0 Å². The summed E-state index contributed by atoms with van der Waals surface area (Å²) in [5.74, 6) is 0.192. The van der Waals surface area contributed by atoms with E-state index >= 15 is 0 Å². The molecule has 1 fully saturated rings. The minimum Gasteiger partial charge on any atom is -0.349 e. The summed E-state index contributed by atoms with van der Waals surface area (Å²) in [5, 5.41) is 3.18. The number of nitrogens with one attached hydrogen (secondary N) is 3. The zero-order chi connectivity index (χ0) is 18.9. The third-order valence-corrected chi connectivity index (χ3v) is 5.49. The third-order valence-electron chi connectivity index (χ3n) is 5.49. The zero-order valence-corrected chi connectivity index (χ0v) is 16.4. The van der Waals surface area contributed by atoms with E-state index in [0.717, 1.165) is 45.6 Å². The second-order valence-corrected chi connectivity index (χ2v) is 7.83. The Bertz CT molecular complexity index is 681. The Balaban J connectivity index is 1.33. The maximum atomic E-state index is 12.4. The summed E-state index contributed by atoms with van der Waals surface area (Å²) < 4.78 is 0. The number of quaternary nitrogens is 2. The smallest absolute Gasteiger partial charge is 0.275 e. The molecular formula is C23H33N3O+2. The second-order valence-electron chi connectivity index (χ2n) is 7.83. The first-order valence-corrected chi connectivity index (χ1v) is 10.2. The standard InChI is InChI=1S/C23H31N3O/c1-20(12-13-21-8-4-2-5-9-21)24-23(27)19-26-16-14-25(15-17-26)18-22-10-6-3-7-11-22/h2-11,20H,12-19H2,1H3,(H,24,27)/p+2/t20-/m0/s1. The van der Waals surface area contributed by atoms with Crippen molar-refractivity contribution in [1.82, 2.24) is 5.32 Å². The van der Waals surface area contributed by atoms with Gasteiger partial charge in [-0.3, -0.25) is 4.79 Å². The normalized spacial score (nSPS) is 20.8. The number of hydrogen-bond donors (Lipinski definition) is 3. The molecule has 3 rings (SSSR count). The summed E-state index contributed by atoms with van der Waals surface area (Å²) in [7, 11) is 0. The molecule has 4 heteroatoms. The fourth-order valence-electron chi connectivity index (χ4n) is 3.85. The molecule has 0 radical (unpaired) electrons. The molecule has 3 N–H and O–H groups in total. The fourth-order valence-corrected chi connectivity index (χ4v) is 3.85. The number of aryl methyl sites for hydroxylation is 1. The minimum atomic E-state index is 0.192. The van der Waals surface area contributed by atoms with Gasteiger partial charge in [-0.2, -0.15) is 0 Å². The topological polar surface area (TPSA) is 38.0 Å². The largest absolute Gasteiger partial charge is 0.349 e. The fraction of sp³-hybridized carbons (Fsp3) is 0.435. The summed E-state index contributed by atoms with van der Waals surface area (Å²) in [6.07, 6.45) is 2.00. The van der Waals surface area contributed by atoms with Crippen LogP contribution in [0.4, 0.5) is 0 Å². The molecule has 1 aliphatic heterocycles. The van der Waals surface area contributed by atoms with Gasteiger partial charge in [0.2, 0.25) is 0 Å². The quantitative estimate of drug-likeness (QED) is 0.609. The number of piperazine rings is 1. The number of carbonyl (C=O) groups excluding carboxylic acids is 1. The van der Waals surface area contributed by atoms with E-state index in [1.807, 2.05) is 6.07 Å². The van der Waals surface area contributed by atoms with E-state index in [0.29, 0.717) is 6.54 Å². The van der Waals surface area contributed by atoms with Gasteiger partial charge >= 0.3 is 0 Å². The van der Waals surface area contributed by atoms with Crippen LogP contribution in [0.5, 0.6) is 0 Å². The van der Waals surface area contributed by atoms with Crippen LogP contribution in [0.15, 0.2) is 60.7 Å². The van der Waals surface area contributed by atoms with Crippen LogP contribution in [0.25, 0.3) is 0 Å². The monoisotopic (exact) mass is 367 g/mol. The molecule has 2 aromatic rings. The molecule has 0 saturated carbocycles. The summed E-state index contributed by atoms with van der Waals surface area (Å²) in [5.41, 5.74) is 2.74. The van der Waals surface area contributed by atoms with Crippen molar-refractivity contribution in [3.05, 3.63) is 71.8 Å². The third kappa shape index (κ3) is 6.81. The number of rotatable bonds is 8. The Morgan fingerprint density at radius 2 is 1.44 bits per heavy atom. The SMILES string of the molecule is C[C@@H](CCc1ccccc1)NC(=O)C[NH+]1CC[NH+](Cc2ccccc2)CC1. The predicted molar refractivity (Wildman–Crippen MR) is 109 cm³/mol. The van der Waals surface area contributed by atoms with Crippen LogP contribution >= 0.6 is 0 Å². The van der Waals surface area contributed by atoms with E-state index in [1.54, 1.807) is 4.90 Å². The number of amides is 1. The number of carbonyl (C=O) groups is 1. The Morgan fingerprint density at radius 3 is 2.07 bits per heavy atom. The molecule has 0 unspecified atom stereocenters. The average Bonchev–Trinajstić information content (AvgIpc) is 2.69. The van der Waals surface area contributed by atoms with Crippen LogP contribution in [0.1, 0.15) is 24.5 Å². The van der Waals surface area contributed by atoms with Gasteiger partial charge in [0.1, 0.15) is 32.7 Å². The molecule has 0 aromatic heterocycles. The van der Waals surface area contributed by atoms with Gasteiger partial charge in [-0.05, 0) is 25.3 Å². The molecule has 1 atom stereocenters. The van der Waals surface area contributed by atoms with Crippen molar-refractivity contribution >= 4 is 5.91 Å². The van der Waals surface area contributed by atoms with Crippen LogP contribution < -0.4 is 15.1 Å². The average molecular weight is 368 g/mol. The molecular weight excluding hydrogens is 334 g/mol. The minimum absolute atomic E-state index is 0.192. The molecule has 1 amide bonds. The molecule has 4 nitrogen and oxygen atoms in total. The molecule has 1 aliphatic rings. The van der Waals surface area contributed by atoms with Gasteiger partial charge in [-0.25, -0.2) is 0 Å². The molecule has 2 aromatic carbocycles. The van der Waals surface area contributed by atoms with E-state index < -0.39 is 0 Å². The van der Waals surface area contributed by atoms with Crippen molar-refractivity contribution in [1.29, 1.82) is 0 Å². The summed E-state index contributed by atoms with van der Waals surface area (Å²) >= 11 is 0. The Hall–Kier alpha value is -2.17. The van der Waals surface area contributed by atoms with Crippen molar-refractivity contribution in [3.8, 4) is 0 Å². The maximum absolute atomic E-state index is 12.4. The Morgan fingerprint density at radius 1 is 0.889 bits per heavy atom. The Kier molecular flexibility index (Phi) is 7.43. The lowest BCUT2D eigenvalue weighted by Gasteiger charge is -2.29. The highest BCUT2D eigenvalue weighted by Crippen LogP contribution is 2.04. The Labute approximate surface area is 163 Å². The molecule has 144 valence electrons. The van der Waals surface area contributed by atoms with Crippen molar-refractivity contribution in [2.24, 2.45) is 0 Å². The van der Waals surface area contributed by atoms with Gasteiger partial charge in [0.25, 0.3) is 5.91 Å². The van der Waals surface area contributed by atoms with Crippen LogP contribution in [0.3, 0.4) is 0 Å². The van der Waals surface area contributed by atoms with Gasteiger partial charge in [-0.15, -0.1) is 0 Å². The first kappa shape index (κ1) is 19.6. The highest BCUT2D eigenvalue weighted by atomic mass is 16.2. The zero-order valence-electron chi connectivity index (χ0n) is 16.4. The van der Waals surface area contributed by atoms with Crippen molar-refractivity contribution < 1.29 is 14.6 Å². The number of hydrogen-bond acceptors (Lipinski definition) is 1.